The number of Topliss-reactive ketones (excluding diaryl/α,β-unsaturated/α-hetero) is 1. The summed E-state index contributed by atoms with van der Waals surface area (Å²) in [6, 6.07) is 0. The highest BCUT2D eigenvalue weighted by Gasteiger charge is 2.81. The Hall–Kier alpha value is -2.21. The average molecular weight is 922 g/mol. The number of nitrogens with two attached hydrogens (primary N) is 1. The number of nitrogens with one attached hydrogen (secondary N) is 2. The molecule has 22 atom stereocenters. The van der Waals surface area contributed by atoms with E-state index in [2.05, 4.69) is 17.6 Å². The van der Waals surface area contributed by atoms with Crippen LogP contribution in [0.3, 0.4) is 0 Å². The molecule has 10 aliphatic rings. The van der Waals surface area contributed by atoms with E-state index >= 15 is 4.79 Å². The number of fused-ring (bicyclic) bond motifs is 5. The molecule has 8 aliphatic carbocycles. The molecule has 2 heterocycles. The molecule has 0 aromatic heterocycles. The van der Waals surface area contributed by atoms with Crippen LogP contribution in [0.5, 0.6) is 0 Å². The van der Waals surface area contributed by atoms with Gasteiger partial charge in [-0.05, 0) is 150 Å². The summed E-state index contributed by atoms with van der Waals surface area (Å²) in [6.07, 6.45) is 11.8. The molecule has 66 heavy (non-hydrogen) atoms. The minimum atomic E-state index is -2.01. The van der Waals surface area contributed by atoms with Crippen molar-refractivity contribution in [2.45, 2.75) is 189 Å². The lowest BCUT2D eigenvalue weighted by atomic mass is 9.34. The van der Waals surface area contributed by atoms with E-state index in [1.165, 1.54) is 0 Å². The van der Waals surface area contributed by atoms with Gasteiger partial charge in [0, 0.05) is 48.4 Å². The number of dihydropyridines is 1. The largest absolute Gasteiger partial charge is 0.396 e. The first kappa shape index (κ1) is 47.5. The molecule has 1 spiro atoms. The number of ether oxygens (including phenoxy) is 1. The number of aliphatic hydroxyl groups is 9. The molecule has 0 aromatic rings. The SMILES string of the molecule is CCC[C@@H]1CC[C@H]2[C@@H]3[C@H](O)CCC[C@](O)([C@](C)(O)[C@H]4CC[C@@]5(O)C6=C(NC[C@H](C)O)C(=O)[C@@H]7[C@H]8CC[C@@H]9[C@@H](C%10=CNC(N)C=C%10)C=C[C@@](O)(C[C@]45CCO)[C@@H]6[C@]97C[C@H](O)[C@@H]8O)[C@@H]3O[C@@H]2CC1. The zero-order valence-electron chi connectivity index (χ0n) is 39.3. The Morgan fingerprint density at radius 1 is 1.00 bits per heavy atom. The average Bonchev–Trinajstić information content (AvgIpc) is 3.62. The minimum absolute atomic E-state index is 0.00395. The molecule has 14 nitrogen and oxygen atoms in total. The van der Waals surface area contributed by atoms with Gasteiger partial charge < -0.3 is 67.1 Å². The summed E-state index contributed by atoms with van der Waals surface area (Å²) < 4.78 is 7.00. The monoisotopic (exact) mass is 922 g/mol. The van der Waals surface area contributed by atoms with E-state index < -0.39 is 106 Å². The number of carbonyl (C=O) groups excluding carboxylic acids is 1. The van der Waals surface area contributed by atoms with Gasteiger partial charge in [0.15, 0.2) is 5.78 Å². The fourth-order valence-electron chi connectivity index (χ4n) is 18.0. The fourth-order valence-corrected chi connectivity index (χ4v) is 18.0. The van der Waals surface area contributed by atoms with Crippen LogP contribution in [-0.2, 0) is 9.53 Å². The third-order valence-corrected chi connectivity index (χ3v) is 20.5. The summed E-state index contributed by atoms with van der Waals surface area (Å²) in [7, 11) is 0. The van der Waals surface area contributed by atoms with Crippen molar-refractivity contribution in [1.29, 1.82) is 0 Å². The zero-order chi connectivity index (χ0) is 46.9. The van der Waals surface area contributed by atoms with Gasteiger partial charge >= 0.3 is 0 Å². The number of aliphatic hydroxyl groups excluding tert-OH is 5. The maximum atomic E-state index is 15.8. The highest BCUT2D eigenvalue weighted by Crippen LogP contribution is 2.77. The van der Waals surface area contributed by atoms with Gasteiger partial charge in [-0.15, -0.1) is 0 Å². The molecule has 6 saturated carbocycles. The van der Waals surface area contributed by atoms with Crippen LogP contribution in [0.1, 0.15) is 124 Å². The highest BCUT2D eigenvalue weighted by molar-refractivity contribution is 6.00. The number of carbonyl (C=O) groups is 1. The second-order valence-electron chi connectivity index (χ2n) is 23.5. The van der Waals surface area contributed by atoms with Crippen molar-refractivity contribution in [2.75, 3.05) is 13.2 Å². The van der Waals surface area contributed by atoms with E-state index in [9.17, 15) is 46.0 Å². The molecule has 0 radical (unpaired) electrons. The van der Waals surface area contributed by atoms with Crippen LogP contribution in [0.25, 0.3) is 0 Å². The van der Waals surface area contributed by atoms with Crippen LogP contribution >= 0.6 is 0 Å². The van der Waals surface area contributed by atoms with E-state index in [1.54, 1.807) is 19.9 Å². The zero-order valence-corrected chi connectivity index (χ0v) is 39.3. The van der Waals surface area contributed by atoms with E-state index in [0.717, 1.165) is 44.1 Å². The number of ketones is 1. The van der Waals surface area contributed by atoms with Gasteiger partial charge in [0.25, 0.3) is 0 Å². The van der Waals surface area contributed by atoms with Crippen LogP contribution in [0.2, 0.25) is 0 Å². The van der Waals surface area contributed by atoms with Gasteiger partial charge in [-0.1, -0.05) is 44.4 Å². The van der Waals surface area contributed by atoms with Crippen LogP contribution in [0.4, 0.5) is 0 Å². The fraction of sp³-hybridized carbons (Fsp3) is 0.827. The van der Waals surface area contributed by atoms with Crippen molar-refractivity contribution in [1.82, 2.24) is 10.6 Å². The normalized spacial score (nSPS) is 51.7. The van der Waals surface area contributed by atoms with E-state index in [0.29, 0.717) is 31.6 Å². The lowest BCUT2D eigenvalue weighted by Crippen LogP contribution is -2.75. The summed E-state index contributed by atoms with van der Waals surface area (Å²) in [5.74, 6) is -4.32. The van der Waals surface area contributed by atoms with Crippen molar-refractivity contribution in [2.24, 2.45) is 69.8 Å². The van der Waals surface area contributed by atoms with Crippen LogP contribution in [-0.4, -0.2) is 130 Å². The van der Waals surface area contributed by atoms with Crippen molar-refractivity contribution in [3.05, 3.63) is 47.3 Å². The van der Waals surface area contributed by atoms with Gasteiger partial charge in [0.2, 0.25) is 0 Å². The van der Waals surface area contributed by atoms with Gasteiger partial charge in [0.1, 0.15) is 5.60 Å². The van der Waals surface area contributed by atoms with Crippen LogP contribution in [0, 0.1) is 64.1 Å². The summed E-state index contributed by atoms with van der Waals surface area (Å²) in [5, 5.41) is 120. The van der Waals surface area contributed by atoms with Crippen molar-refractivity contribution >= 4 is 5.78 Å². The van der Waals surface area contributed by atoms with Crippen LogP contribution in [0.15, 0.2) is 47.3 Å². The Labute approximate surface area is 389 Å². The van der Waals surface area contributed by atoms with Crippen molar-refractivity contribution in [3.8, 4) is 0 Å². The Bertz CT molecular complexity index is 2020. The molecule has 1 saturated heterocycles. The molecule has 7 fully saturated rings. The molecule has 368 valence electrons. The standard InChI is InChI=1S/C52H79N3O11/c1-4-6-28-8-11-31-36(14-9-28)66-46-39(31)34(58)7-5-18-52(46,65)47(3,62)37-17-20-51(64)41-42(55-24-27(2)57)44(61)40-32-12-13-33-30(29-10-15-38(53)54-25-29)16-19-49(63,26-48(37,51)21-22-56)45(41)50(33,40)23-35(59)43(32)60/h10,15-16,19,25,27-28,30-40,43,45-46,54-60,62-65H,4-9,11-14,17-18,20-24,26,53H2,1-3H3/t27-,28+,30+,31+,32+,33+,34+,35-,36+,37+,38?,39+,40-,43+,45+,46+,47+,48+,49+,50+,51+,52+/m0/s1. The highest BCUT2D eigenvalue weighted by atomic mass is 16.5. The Morgan fingerprint density at radius 2 is 1.76 bits per heavy atom. The maximum Gasteiger partial charge on any atom is 0.182 e. The summed E-state index contributed by atoms with van der Waals surface area (Å²) in [6.45, 7) is 4.94. The quantitative estimate of drug-likeness (QED) is 0.141. The van der Waals surface area contributed by atoms with Gasteiger partial charge in [0.05, 0.1) is 65.3 Å². The molecule has 2 aliphatic heterocycles. The molecule has 2 bridgehead atoms. The van der Waals surface area contributed by atoms with Gasteiger partial charge in [-0.3, -0.25) is 4.79 Å². The van der Waals surface area contributed by atoms with Gasteiger partial charge in [-0.2, -0.15) is 0 Å². The van der Waals surface area contributed by atoms with Crippen molar-refractivity contribution in [3.63, 3.8) is 0 Å². The number of hydrogen-bond acceptors (Lipinski definition) is 14. The van der Waals surface area contributed by atoms with Crippen LogP contribution < -0.4 is 16.4 Å². The van der Waals surface area contributed by atoms with E-state index in [-0.39, 0.29) is 86.0 Å². The molecule has 14 heteroatoms. The smallest absolute Gasteiger partial charge is 0.182 e. The third kappa shape index (κ3) is 6.54. The second kappa shape index (κ2) is 16.7. The van der Waals surface area contributed by atoms with E-state index in [1.807, 2.05) is 24.4 Å². The predicted octanol–water partition coefficient (Wildman–Crippen LogP) is 2.34. The van der Waals surface area contributed by atoms with Gasteiger partial charge in [-0.25, -0.2) is 0 Å². The first-order valence-corrected chi connectivity index (χ1v) is 25.8. The number of rotatable bonds is 10. The Morgan fingerprint density at radius 3 is 2.47 bits per heavy atom. The minimum Gasteiger partial charge on any atom is -0.396 e. The molecule has 0 aromatic carbocycles. The lowest BCUT2D eigenvalue weighted by molar-refractivity contribution is -0.273. The molecular weight excluding hydrogens is 843 g/mol. The molecule has 0 amide bonds. The summed E-state index contributed by atoms with van der Waals surface area (Å²) in [5.41, 5.74) is -2.97. The Kier molecular flexibility index (Phi) is 12.0. The Balaban J connectivity index is 1.15. The molecular formula is C52H79N3O11. The third-order valence-electron chi connectivity index (χ3n) is 20.5. The van der Waals surface area contributed by atoms with E-state index in [4.69, 9.17) is 10.5 Å². The first-order chi connectivity index (χ1) is 31.3. The number of allylic oxidation sites excluding steroid dienone is 4. The topological polar surface area (TPSA) is 258 Å². The maximum absolute atomic E-state index is 15.8. The predicted molar refractivity (Wildman–Crippen MR) is 244 cm³/mol. The second-order valence-corrected chi connectivity index (χ2v) is 23.5. The first-order valence-electron chi connectivity index (χ1n) is 25.8. The molecule has 1 unspecified atom stereocenters. The lowest BCUT2D eigenvalue weighted by Gasteiger charge is -2.70. The summed E-state index contributed by atoms with van der Waals surface area (Å²) in [4.78, 5) is 15.8. The number of hydrogen-bond donors (Lipinski definition) is 12. The summed E-state index contributed by atoms with van der Waals surface area (Å²) >= 11 is 0. The molecule has 10 rings (SSSR count). The molecule has 13 N–H and O–H groups in total. The van der Waals surface area contributed by atoms with Crippen molar-refractivity contribution < 1.29 is 55.5 Å².